The second-order valence-corrected chi connectivity index (χ2v) is 7.94. The molecule has 0 atom stereocenters. The van der Waals surface area contributed by atoms with Crippen LogP contribution in [-0.2, 0) is 16.4 Å². The zero-order chi connectivity index (χ0) is 18.0. The first-order valence-electron chi connectivity index (χ1n) is 8.04. The van der Waals surface area contributed by atoms with Crippen LogP contribution in [0.4, 0.5) is 0 Å². The molecule has 0 fully saturated rings. The summed E-state index contributed by atoms with van der Waals surface area (Å²) < 4.78 is 27.1. The average molecular weight is 356 g/mol. The van der Waals surface area contributed by atoms with Crippen LogP contribution in [0.5, 0.6) is 0 Å². The molecule has 0 saturated carbocycles. The maximum Gasteiger partial charge on any atom is 0.251 e. The number of H-pyrrole nitrogens is 1. The van der Waals surface area contributed by atoms with Crippen LogP contribution in [0.15, 0.2) is 58.2 Å². The first-order chi connectivity index (χ1) is 11.8. The van der Waals surface area contributed by atoms with Gasteiger partial charge in [0.05, 0.1) is 4.90 Å². The quantitative estimate of drug-likeness (QED) is 0.738. The van der Waals surface area contributed by atoms with Gasteiger partial charge in [-0.15, -0.1) is 0 Å². The third kappa shape index (κ3) is 3.97. The molecule has 2 N–H and O–H groups in total. The molecule has 0 aliphatic heterocycles. The van der Waals surface area contributed by atoms with Gasteiger partial charge in [0.25, 0.3) is 5.56 Å². The SMILES string of the molecule is Cc1ccc(S(=O)(=O)NCCc2cc3ccc(C)cc3[nH]c2=O)cc1. The molecule has 25 heavy (non-hydrogen) atoms. The summed E-state index contributed by atoms with van der Waals surface area (Å²) in [4.78, 5) is 15.2. The molecule has 0 bridgehead atoms. The van der Waals surface area contributed by atoms with E-state index in [0.717, 1.165) is 22.0 Å². The standard InChI is InChI=1S/C19H20N2O3S/c1-13-4-7-17(8-5-13)25(23,24)20-10-9-16-12-15-6-3-14(2)11-18(15)21-19(16)22/h3-8,11-12,20H,9-10H2,1-2H3,(H,21,22). The average Bonchev–Trinajstić information content (AvgIpc) is 2.56. The predicted octanol–water partition coefficient (Wildman–Crippen LogP) is 2.67. The number of aromatic nitrogens is 1. The Kier molecular flexibility index (Phi) is 4.74. The number of hydrogen-bond donors (Lipinski definition) is 2. The Bertz CT molecular complexity index is 1070. The van der Waals surface area contributed by atoms with E-state index in [2.05, 4.69) is 9.71 Å². The van der Waals surface area contributed by atoms with Gasteiger partial charge in [0.2, 0.25) is 10.0 Å². The number of fused-ring (bicyclic) bond motifs is 1. The van der Waals surface area contributed by atoms with E-state index >= 15 is 0 Å². The largest absolute Gasteiger partial charge is 0.322 e. The highest BCUT2D eigenvalue weighted by Crippen LogP contribution is 2.13. The highest BCUT2D eigenvalue weighted by molar-refractivity contribution is 7.89. The van der Waals surface area contributed by atoms with E-state index in [4.69, 9.17) is 0 Å². The summed E-state index contributed by atoms with van der Waals surface area (Å²) in [5.74, 6) is 0. The van der Waals surface area contributed by atoms with Crippen LogP contribution in [0, 0.1) is 13.8 Å². The smallest absolute Gasteiger partial charge is 0.251 e. The van der Waals surface area contributed by atoms with Crippen molar-refractivity contribution in [2.45, 2.75) is 25.2 Å². The number of rotatable bonds is 5. The Hall–Kier alpha value is -2.44. The van der Waals surface area contributed by atoms with Gasteiger partial charge < -0.3 is 4.98 Å². The highest BCUT2D eigenvalue weighted by atomic mass is 32.2. The molecular weight excluding hydrogens is 336 g/mol. The minimum absolute atomic E-state index is 0.163. The number of aromatic amines is 1. The third-order valence-corrected chi connectivity index (χ3v) is 5.57. The lowest BCUT2D eigenvalue weighted by atomic mass is 10.1. The van der Waals surface area contributed by atoms with E-state index in [9.17, 15) is 13.2 Å². The van der Waals surface area contributed by atoms with E-state index in [0.29, 0.717) is 12.0 Å². The van der Waals surface area contributed by atoms with Gasteiger partial charge in [0, 0.05) is 17.6 Å². The molecule has 1 aromatic heterocycles. The van der Waals surface area contributed by atoms with Crippen molar-refractivity contribution in [3.8, 4) is 0 Å². The molecule has 130 valence electrons. The van der Waals surface area contributed by atoms with Crippen molar-refractivity contribution < 1.29 is 8.42 Å². The van der Waals surface area contributed by atoms with Crippen LogP contribution >= 0.6 is 0 Å². The second kappa shape index (κ2) is 6.82. The number of hydrogen-bond acceptors (Lipinski definition) is 3. The summed E-state index contributed by atoms with van der Waals surface area (Å²) in [7, 11) is -3.57. The Balaban J connectivity index is 1.74. The van der Waals surface area contributed by atoms with E-state index < -0.39 is 10.0 Å². The number of sulfonamides is 1. The summed E-state index contributed by atoms with van der Waals surface area (Å²) in [5, 5.41) is 0.932. The molecule has 0 aliphatic rings. The zero-order valence-corrected chi connectivity index (χ0v) is 15.0. The number of nitrogens with one attached hydrogen (secondary N) is 2. The van der Waals surface area contributed by atoms with Crippen molar-refractivity contribution >= 4 is 20.9 Å². The summed E-state index contributed by atoms with van der Waals surface area (Å²) >= 11 is 0. The molecule has 0 unspecified atom stereocenters. The van der Waals surface area contributed by atoms with Crippen LogP contribution in [-0.4, -0.2) is 19.9 Å². The van der Waals surface area contributed by atoms with Gasteiger partial charge >= 0.3 is 0 Å². The van der Waals surface area contributed by atoms with Gasteiger partial charge in [-0.3, -0.25) is 4.79 Å². The van der Waals surface area contributed by atoms with Crippen LogP contribution < -0.4 is 10.3 Å². The van der Waals surface area contributed by atoms with Crippen molar-refractivity contribution in [2.75, 3.05) is 6.54 Å². The van der Waals surface area contributed by atoms with Crippen molar-refractivity contribution in [3.63, 3.8) is 0 Å². The maximum atomic E-state index is 12.3. The molecule has 3 aromatic rings. The van der Waals surface area contributed by atoms with Gasteiger partial charge in [0.1, 0.15) is 0 Å². The van der Waals surface area contributed by atoms with Crippen LogP contribution in [0.2, 0.25) is 0 Å². The predicted molar refractivity (Wildman–Crippen MR) is 99.4 cm³/mol. The van der Waals surface area contributed by atoms with Gasteiger partial charge in [0.15, 0.2) is 0 Å². The molecule has 6 heteroatoms. The second-order valence-electron chi connectivity index (χ2n) is 6.18. The van der Waals surface area contributed by atoms with E-state index in [1.807, 2.05) is 38.1 Å². The number of aryl methyl sites for hydroxylation is 2. The maximum absolute atomic E-state index is 12.3. The lowest BCUT2D eigenvalue weighted by molar-refractivity contribution is 0.581. The number of pyridine rings is 1. The van der Waals surface area contributed by atoms with Gasteiger partial charge in [-0.25, -0.2) is 13.1 Å². The molecule has 3 rings (SSSR count). The first-order valence-corrected chi connectivity index (χ1v) is 9.52. The highest BCUT2D eigenvalue weighted by Gasteiger charge is 2.13. The third-order valence-electron chi connectivity index (χ3n) is 4.10. The number of benzene rings is 2. The first kappa shape index (κ1) is 17.4. The van der Waals surface area contributed by atoms with Crippen molar-refractivity contribution in [3.05, 3.63) is 75.6 Å². The van der Waals surface area contributed by atoms with Crippen molar-refractivity contribution in [1.82, 2.24) is 9.71 Å². The van der Waals surface area contributed by atoms with Gasteiger partial charge in [-0.05, 0) is 55.5 Å². The summed E-state index contributed by atoms with van der Waals surface area (Å²) in [5.41, 5.74) is 3.23. The van der Waals surface area contributed by atoms with E-state index in [-0.39, 0.29) is 17.0 Å². The summed E-state index contributed by atoms with van der Waals surface area (Å²) in [6.07, 6.45) is 0.324. The molecule has 1 heterocycles. The Morgan fingerprint density at radius 3 is 2.36 bits per heavy atom. The van der Waals surface area contributed by atoms with Crippen molar-refractivity contribution in [1.29, 1.82) is 0 Å². The van der Waals surface area contributed by atoms with Crippen molar-refractivity contribution in [2.24, 2.45) is 0 Å². The Morgan fingerprint density at radius 1 is 0.960 bits per heavy atom. The van der Waals surface area contributed by atoms with Crippen LogP contribution in [0.3, 0.4) is 0 Å². The normalized spacial score (nSPS) is 11.8. The Morgan fingerprint density at radius 2 is 1.64 bits per heavy atom. The molecule has 2 aromatic carbocycles. The summed E-state index contributed by atoms with van der Waals surface area (Å²) in [6.45, 7) is 4.03. The lowest BCUT2D eigenvalue weighted by Crippen LogP contribution is -2.27. The molecule has 0 saturated heterocycles. The molecule has 0 amide bonds. The molecule has 0 aliphatic carbocycles. The van der Waals surface area contributed by atoms with Gasteiger partial charge in [-0.2, -0.15) is 0 Å². The minimum Gasteiger partial charge on any atom is -0.322 e. The minimum atomic E-state index is -3.57. The summed E-state index contributed by atoms with van der Waals surface area (Å²) in [6, 6.07) is 14.3. The molecular formula is C19H20N2O3S. The lowest BCUT2D eigenvalue weighted by Gasteiger charge is -2.08. The van der Waals surface area contributed by atoms with Crippen LogP contribution in [0.25, 0.3) is 10.9 Å². The van der Waals surface area contributed by atoms with E-state index in [1.165, 1.54) is 0 Å². The fourth-order valence-corrected chi connectivity index (χ4v) is 3.70. The van der Waals surface area contributed by atoms with Gasteiger partial charge in [-0.1, -0.05) is 29.8 Å². The van der Waals surface area contributed by atoms with E-state index in [1.54, 1.807) is 24.3 Å². The Labute approximate surface area is 146 Å². The fourth-order valence-electron chi connectivity index (χ4n) is 2.67. The van der Waals surface area contributed by atoms with Crippen LogP contribution in [0.1, 0.15) is 16.7 Å². The molecule has 5 nitrogen and oxygen atoms in total. The fraction of sp³-hybridized carbons (Fsp3) is 0.211. The molecule has 0 spiro atoms. The monoisotopic (exact) mass is 356 g/mol. The topological polar surface area (TPSA) is 79.0 Å². The zero-order valence-electron chi connectivity index (χ0n) is 14.2. The molecule has 0 radical (unpaired) electrons.